The van der Waals surface area contributed by atoms with E-state index >= 15 is 0 Å². The van der Waals surface area contributed by atoms with Gasteiger partial charge in [0.2, 0.25) is 0 Å². The predicted octanol–water partition coefficient (Wildman–Crippen LogP) is 3.97. The number of aryl methyl sites for hydroxylation is 1. The monoisotopic (exact) mass is 172 g/mol. The fourth-order valence-electron chi connectivity index (χ4n) is 1.51. The molecule has 0 unspecified atom stereocenters. The highest BCUT2D eigenvalue weighted by atomic mass is 14.1. The van der Waals surface area contributed by atoms with Gasteiger partial charge in [-0.05, 0) is 37.5 Å². The Bertz CT molecular complexity index is 343. The fraction of sp³-hybridized carbons (Fsp3) is 0.231. The third kappa shape index (κ3) is 2.09. The van der Waals surface area contributed by atoms with Crippen molar-refractivity contribution >= 4 is 5.57 Å². The summed E-state index contributed by atoms with van der Waals surface area (Å²) in [5.74, 6) is 0. The van der Waals surface area contributed by atoms with Crippen LogP contribution >= 0.6 is 0 Å². The SMILES string of the molecule is C=C(C)/C(=C/C)c1ccccc1C. The summed E-state index contributed by atoms with van der Waals surface area (Å²) in [6.07, 6.45) is 2.12. The molecule has 68 valence electrons. The Kier molecular flexibility index (Phi) is 3.07. The summed E-state index contributed by atoms with van der Waals surface area (Å²) in [5.41, 5.74) is 4.96. The molecule has 0 radical (unpaired) electrons. The molecule has 0 saturated heterocycles. The standard InChI is InChI=1S/C13H16/c1-5-12(10(2)3)13-9-7-6-8-11(13)4/h5-9H,2H2,1,3-4H3/b12-5-. The Morgan fingerprint density at radius 2 is 1.92 bits per heavy atom. The van der Waals surface area contributed by atoms with Crippen LogP contribution in [0.25, 0.3) is 5.57 Å². The van der Waals surface area contributed by atoms with Gasteiger partial charge < -0.3 is 0 Å². The zero-order valence-electron chi connectivity index (χ0n) is 8.59. The minimum Gasteiger partial charge on any atom is -0.0955 e. The van der Waals surface area contributed by atoms with E-state index in [1.165, 1.54) is 16.7 Å². The van der Waals surface area contributed by atoms with Crippen molar-refractivity contribution in [2.24, 2.45) is 0 Å². The first kappa shape index (κ1) is 9.79. The van der Waals surface area contributed by atoms with Gasteiger partial charge in [0, 0.05) is 0 Å². The molecule has 0 aromatic heterocycles. The summed E-state index contributed by atoms with van der Waals surface area (Å²) in [6, 6.07) is 8.39. The molecule has 0 saturated carbocycles. The average Bonchev–Trinajstić information content (AvgIpc) is 2.09. The lowest BCUT2D eigenvalue weighted by atomic mass is 9.96. The second-order valence-electron chi connectivity index (χ2n) is 3.30. The van der Waals surface area contributed by atoms with Crippen LogP contribution < -0.4 is 0 Å². The second-order valence-corrected chi connectivity index (χ2v) is 3.30. The number of hydrogen-bond donors (Lipinski definition) is 0. The zero-order chi connectivity index (χ0) is 9.84. The molecule has 0 aliphatic heterocycles. The van der Waals surface area contributed by atoms with Crippen LogP contribution in [0.5, 0.6) is 0 Å². The quantitative estimate of drug-likeness (QED) is 0.592. The van der Waals surface area contributed by atoms with Crippen molar-refractivity contribution in [3.63, 3.8) is 0 Å². The number of rotatable bonds is 2. The highest BCUT2D eigenvalue weighted by Gasteiger charge is 2.02. The number of allylic oxidation sites excluding steroid dienone is 3. The van der Waals surface area contributed by atoms with Crippen LogP contribution in [0.1, 0.15) is 25.0 Å². The molecule has 1 rings (SSSR count). The summed E-state index contributed by atoms with van der Waals surface area (Å²) in [5, 5.41) is 0. The van der Waals surface area contributed by atoms with Crippen molar-refractivity contribution in [1.82, 2.24) is 0 Å². The average molecular weight is 172 g/mol. The van der Waals surface area contributed by atoms with Crippen LogP contribution in [-0.4, -0.2) is 0 Å². The van der Waals surface area contributed by atoms with Crippen molar-refractivity contribution in [2.75, 3.05) is 0 Å². The molecule has 1 aromatic carbocycles. The molecule has 1 aromatic rings. The Morgan fingerprint density at radius 3 is 2.38 bits per heavy atom. The lowest BCUT2D eigenvalue weighted by molar-refractivity contribution is 1.39. The minimum absolute atomic E-state index is 1.12. The Labute approximate surface area is 80.6 Å². The van der Waals surface area contributed by atoms with Crippen LogP contribution in [0.3, 0.4) is 0 Å². The van der Waals surface area contributed by atoms with E-state index in [4.69, 9.17) is 0 Å². The van der Waals surface area contributed by atoms with E-state index < -0.39 is 0 Å². The van der Waals surface area contributed by atoms with Crippen molar-refractivity contribution in [2.45, 2.75) is 20.8 Å². The maximum Gasteiger partial charge on any atom is -0.0156 e. The highest BCUT2D eigenvalue weighted by Crippen LogP contribution is 2.23. The van der Waals surface area contributed by atoms with Gasteiger partial charge in [-0.3, -0.25) is 0 Å². The van der Waals surface area contributed by atoms with Crippen LogP contribution in [-0.2, 0) is 0 Å². The highest BCUT2D eigenvalue weighted by molar-refractivity contribution is 5.79. The molecule has 0 nitrogen and oxygen atoms in total. The summed E-state index contributed by atoms with van der Waals surface area (Å²) >= 11 is 0. The fourth-order valence-corrected chi connectivity index (χ4v) is 1.51. The molecule has 0 N–H and O–H groups in total. The van der Waals surface area contributed by atoms with Crippen LogP contribution in [0.15, 0.2) is 42.5 Å². The molecule has 0 heterocycles. The van der Waals surface area contributed by atoms with Crippen molar-refractivity contribution in [1.29, 1.82) is 0 Å². The molecule has 0 aliphatic rings. The lowest BCUT2D eigenvalue weighted by Gasteiger charge is -2.09. The molecule has 0 bridgehead atoms. The third-order valence-electron chi connectivity index (χ3n) is 2.18. The second kappa shape index (κ2) is 4.08. The maximum absolute atomic E-state index is 3.98. The minimum atomic E-state index is 1.12. The third-order valence-corrected chi connectivity index (χ3v) is 2.18. The molecule has 0 aliphatic carbocycles. The molecule has 0 heteroatoms. The van der Waals surface area contributed by atoms with Gasteiger partial charge in [-0.2, -0.15) is 0 Å². The number of benzene rings is 1. The summed E-state index contributed by atoms with van der Waals surface area (Å²) in [4.78, 5) is 0. The molecular weight excluding hydrogens is 156 g/mol. The Hall–Kier alpha value is -1.30. The number of hydrogen-bond acceptors (Lipinski definition) is 0. The van der Waals surface area contributed by atoms with Crippen LogP contribution in [0.2, 0.25) is 0 Å². The lowest BCUT2D eigenvalue weighted by Crippen LogP contribution is -1.88. The van der Waals surface area contributed by atoms with E-state index in [-0.39, 0.29) is 0 Å². The van der Waals surface area contributed by atoms with Crippen LogP contribution in [0, 0.1) is 6.92 Å². The van der Waals surface area contributed by atoms with Gasteiger partial charge in [-0.15, -0.1) is 0 Å². The smallest absolute Gasteiger partial charge is 0.0156 e. The van der Waals surface area contributed by atoms with Crippen molar-refractivity contribution < 1.29 is 0 Å². The Morgan fingerprint density at radius 1 is 1.31 bits per heavy atom. The van der Waals surface area contributed by atoms with Crippen LogP contribution in [0.4, 0.5) is 0 Å². The first-order valence-electron chi connectivity index (χ1n) is 4.55. The molecule has 0 fully saturated rings. The first-order valence-corrected chi connectivity index (χ1v) is 4.55. The first-order chi connectivity index (χ1) is 6.16. The molecule has 0 atom stereocenters. The van der Waals surface area contributed by atoms with Gasteiger partial charge in [0.15, 0.2) is 0 Å². The van der Waals surface area contributed by atoms with Crippen molar-refractivity contribution in [3.05, 3.63) is 53.6 Å². The van der Waals surface area contributed by atoms with Crippen molar-refractivity contribution in [3.8, 4) is 0 Å². The molecular formula is C13H16. The predicted molar refractivity (Wildman–Crippen MR) is 59.6 cm³/mol. The van der Waals surface area contributed by atoms with E-state index in [9.17, 15) is 0 Å². The van der Waals surface area contributed by atoms with Gasteiger partial charge in [-0.1, -0.05) is 42.5 Å². The Balaban J connectivity index is 3.21. The van der Waals surface area contributed by atoms with Gasteiger partial charge in [0.05, 0.1) is 0 Å². The van der Waals surface area contributed by atoms with E-state index in [1.54, 1.807) is 0 Å². The van der Waals surface area contributed by atoms with E-state index in [1.807, 2.05) is 6.92 Å². The topological polar surface area (TPSA) is 0 Å². The van der Waals surface area contributed by atoms with Gasteiger partial charge in [0.25, 0.3) is 0 Å². The summed E-state index contributed by atoms with van der Waals surface area (Å²) in [7, 11) is 0. The molecule has 0 amide bonds. The van der Waals surface area contributed by atoms with Gasteiger partial charge >= 0.3 is 0 Å². The van der Waals surface area contributed by atoms with E-state index in [0.29, 0.717) is 0 Å². The largest absolute Gasteiger partial charge is 0.0955 e. The zero-order valence-corrected chi connectivity index (χ0v) is 8.59. The maximum atomic E-state index is 3.98. The summed E-state index contributed by atoms with van der Waals surface area (Å²) in [6.45, 7) is 10.2. The van der Waals surface area contributed by atoms with E-state index in [2.05, 4.69) is 50.8 Å². The molecule has 0 spiro atoms. The molecule has 13 heavy (non-hydrogen) atoms. The summed E-state index contributed by atoms with van der Waals surface area (Å²) < 4.78 is 0. The normalized spacial score (nSPS) is 11.5. The van der Waals surface area contributed by atoms with Gasteiger partial charge in [0.1, 0.15) is 0 Å². The van der Waals surface area contributed by atoms with E-state index in [0.717, 1.165) is 5.57 Å². The van der Waals surface area contributed by atoms with Gasteiger partial charge in [-0.25, -0.2) is 0 Å².